The van der Waals surface area contributed by atoms with E-state index in [4.69, 9.17) is 16.3 Å². The molecule has 86 valence electrons. The Hall–Kier alpha value is -0.610. The molecule has 0 unspecified atom stereocenters. The van der Waals surface area contributed by atoms with E-state index in [-0.39, 0.29) is 5.60 Å². The molecule has 0 amide bonds. The van der Waals surface area contributed by atoms with Gasteiger partial charge in [-0.3, -0.25) is 4.68 Å². The van der Waals surface area contributed by atoms with Gasteiger partial charge in [0.25, 0.3) is 0 Å². The summed E-state index contributed by atoms with van der Waals surface area (Å²) in [5, 5.41) is 8.04. The SMILES string of the molecule is COC(C)(C)CCn1cc(CCCl)nn1. The number of ether oxygens (including phenoxy) is 1. The summed E-state index contributed by atoms with van der Waals surface area (Å²) in [6, 6.07) is 0. The summed E-state index contributed by atoms with van der Waals surface area (Å²) in [5.74, 6) is 0.586. The molecule has 0 spiro atoms. The zero-order valence-corrected chi connectivity index (χ0v) is 10.3. The van der Waals surface area contributed by atoms with E-state index in [1.165, 1.54) is 0 Å². The normalized spacial score (nSPS) is 12.0. The van der Waals surface area contributed by atoms with Crippen molar-refractivity contribution in [1.82, 2.24) is 15.0 Å². The first-order valence-electron chi connectivity index (χ1n) is 5.07. The zero-order valence-electron chi connectivity index (χ0n) is 9.53. The van der Waals surface area contributed by atoms with Crippen LogP contribution in [0, 0.1) is 0 Å². The Kier molecular flexibility index (Phi) is 4.54. The molecule has 0 aromatic carbocycles. The lowest BCUT2D eigenvalue weighted by Gasteiger charge is -2.22. The van der Waals surface area contributed by atoms with Gasteiger partial charge in [-0.2, -0.15) is 0 Å². The lowest BCUT2D eigenvalue weighted by atomic mass is 10.1. The molecule has 0 radical (unpaired) electrons. The third-order valence-corrected chi connectivity index (χ3v) is 2.62. The third kappa shape index (κ3) is 4.18. The lowest BCUT2D eigenvalue weighted by Crippen LogP contribution is -2.24. The van der Waals surface area contributed by atoms with E-state index in [0.29, 0.717) is 5.88 Å². The van der Waals surface area contributed by atoms with Crippen LogP contribution < -0.4 is 0 Å². The summed E-state index contributed by atoms with van der Waals surface area (Å²) in [4.78, 5) is 0. The summed E-state index contributed by atoms with van der Waals surface area (Å²) >= 11 is 5.62. The van der Waals surface area contributed by atoms with Crippen LogP contribution in [-0.4, -0.2) is 33.6 Å². The van der Waals surface area contributed by atoms with Gasteiger partial charge in [-0.25, -0.2) is 0 Å². The molecule has 0 fully saturated rings. The third-order valence-electron chi connectivity index (χ3n) is 2.43. The van der Waals surface area contributed by atoms with Crippen molar-refractivity contribution in [1.29, 1.82) is 0 Å². The molecule has 0 aliphatic carbocycles. The highest BCUT2D eigenvalue weighted by Crippen LogP contribution is 2.13. The molecule has 5 heteroatoms. The van der Waals surface area contributed by atoms with Crippen LogP contribution in [0.1, 0.15) is 26.0 Å². The smallest absolute Gasteiger partial charge is 0.0839 e. The van der Waals surface area contributed by atoms with Crippen molar-refractivity contribution in [3.05, 3.63) is 11.9 Å². The number of aromatic nitrogens is 3. The fraction of sp³-hybridized carbons (Fsp3) is 0.800. The minimum atomic E-state index is -0.113. The maximum atomic E-state index is 5.62. The van der Waals surface area contributed by atoms with Gasteiger partial charge in [0, 0.05) is 32.2 Å². The van der Waals surface area contributed by atoms with Gasteiger partial charge in [0.2, 0.25) is 0 Å². The van der Waals surface area contributed by atoms with Crippen molar-refractivity contribution in [2.24, 2.45) is 0 Å². The molecule has 15 heavy (non-hydrogen) atoms. The highest BCUT2D eigenvalue weighted by Gasteiger charge is 2.16. The van der Waals surface area contributed by atoms with Gasteiger partial charge in [-0.1, -0.05) is 5.21 Å². The predicted molar refractivity (Wildman–Crippen MR) is 60.2 cm³/mol. The van der Waals surface area contributed by atoms with Crippen molar-refractivity contribution in [2.45, 2.75) is 38.8 Å². The number of methoxy groups -OCH3 is 1. The summed E-state index contributed by atoms with van der Waals surface area (Å²) in [6.45, 7) is 4.93. The fourth-order valence-electron chi connectivity index (χ4n) is 1.15. The van der Waals surface area contributed by atoms with E-state index >= 15 is 0 Å². The van der Waals surface area contributed by atoms with Crippen molar-refractivity contribution in [2.75, 3.05) is 13.0 Å². The van der Waals surface area contributed by atoms with E-state index in [9.17, 15) is 0 Å². The van der Waals surface area contributed by atoms with Crippen molar-refractivity contribution in [3.63, 3.8) is 0 Å². The molecule has 0 aliphatic rings. The van der Waals surface area contributed by atoms with Gasteiger partial charge in [0.1, 0.15) is 0 Å². The predicted octanol–water partition coefficient (Wildman–Crippen LogP) is 1.87. The Morgan fingerprint density at radius 2 is 2.27 bits per heavy atom. The average molecular weight is 232 g/mol. The van der Waals surface area contributed by atoms with Gasteiger partial charge in [-0.15, -0.1) is 16.7 Å². The standard InChI is InChI=1S/C10H18ClN3O/c1-10(2,15-3)5-7-14-8-9(4-6-11)12-13-14/h8H,4-7H2,1-3H3. The summed E-state index contributed by atoms with van der Waals surface area (Å²) in [6.07, 6.45) is 3.62. The van der Waals surface area contributed by atoms with Gasteiger partial charge >= 0.3 is 0 Å². The molecular weight excluding hydrogens is 214 g/mol. The molecule has 0 bridgehead atoms. The van der Waals surface area contributed by atoms with E-state index in [1.54, 1.807) is 7.11 Å². The quantitative estimate of drug-likeness (QED) is 0.702. The first-order chi connectivity index (χ1) is 7.07. The summed E-state index contributed by atoms with van der Waals surface area (Å²) < 4.78 is 7.17. The number of alkyl halides is 1. The molecule has 1 rings (SSSR count). The van der Waals surface area contributed by atoms with Crippen LogP contribution in [-0.2, 0) is 17.7 Å². The molecular formula is C10H18ClN3O. The van der Waals surface area contributed by atoms with E-state index < -0.39 is 0 Å². The Morgan fingerprint density at radius 1 is 1.53 bits per heavy atom. The van der Waals surface area contributed by atoms with Gasteiger partial charge in [0.15, 0.2) is 0 Å². The van der Waals surface area contributed by atoms with Crippen molar-refractivity contribution in [3.8, 4) is 0 Å². The van der Waals surface area contributed by atoms with E-state index in [1.807, 2.05) is 10.9 Å². The second kappa shape index (κ2) is 5.47. The monoisotopic (exact) mass is 231 g/mol. The number of rotatable bonds is 6. The van der Waals surface area contributed by atoms with Crippen LogP contribution >= 0.6 is 11.6 Å². The van der Waals surface area contributed by atoms with E-state index in [0.717, 1.165) is 25.1 Å². The Labute approximate surface area is 95.6 Å². The molecule has 4 nitrogen and oxygen atoms in total. The van der Waals surface area contributed by atoms with Gasteiger partial charge in [0.05, 0.1) is 11.3 Å². The summed E-state index contributed by atoms with van der Waals surface area (Å²) in [5.41, 5.74) is 0.832. The van der Waals surface area contributed by atoms with Crippen LogP contribution in [0.2, 0.25) is 0 Å². The number of nitrogens with zero attached hydrogens (tertiary/aromatic N) is 3. The number of aryl methyl sites for hydroxylation is 2. The maximum absolute atomic E-state index is 5.62. The zero-order chi connectivity index (χ0) is 11.3. The highest BCUT2D eigenvalue weighted by molar-refractivity contribution is 6.17. The highest BCUT2D eigenvalue weighted by atomic mass is 35.5. The first-order valence-corrected chi connectivity index (χ1v) is 5.61. The van der Waals surface area contributed by atoms with Crippen LogP contribution in [0.15, 0.2) is 6.20 Å². The molecule has 1 aromatic rings. The van der Waals surface area contributed by atoms with Crippen molar-refractivity contribution >= 4 is 11.6 Å². The summed E-state index contributed by atoms with van der Waals surface area (Å²) in [7, 11) is 1.72. The number of hydrogen-bond donors (Lipinski definition) is 0. The maximum Gasteiger partial charge on any atom is 0.0839 e. The Bertz CT molecular complexity index is 299. The molecule has 1 aromatic heterocycles. The van der Waals surface area contributed by atoms with Gasteiger partial charge < -0.3 is 4.74 Å². The molecule has 0 N–H and O–H groups in total. The molecule has 1 heterocycles. The second-order valence-electron chi connectivity index (χ2n) is 4.13. The van der Waals surface area contributed by atoms with E-state index in [2.05, 4.69) is 24.2 Å². The largest absolute Gasteiger partial charge is 0.379 e. The van der Waals surface area contributed by atoms with Crippen LogP contribution in [0.25, 0.3) is 0 Å². The fourth-order valence-corrected chi connectivity index (χ4v) is 1.34. The number of hydrogen-bond acceptors (Lipinski definition) is 3. The topological polar surface area (TPSA) is 39.9 Å². The number of halogens is 1. The molecule has 0 saturated carbocycles. The van der Waals surface area contributed by atoms with Crippen LogP contribution in [0.5, 0.6) is 0 Å². The van der Waals surface area contributed by atoms with Crippen LogP contribution in [0.3, 0.4) is 0 Å². The minimum Gasteiger partial charge on any atom is -0.379 e. The second-order valence-corrected chi connectivity index (χ2v) is 4.50. The molecule has 0 atom stereocenters. The van der Waals surface area contributed by atoms with Crippen LogP contribution in [0.4, 0.5) is 0 Å². The first kappa shape index (κ1) is 12.5. The average Bonchev–Trinajstić information content (AvgIpc) is 2.64. The van der Waals surface area contributed by atoms with Crippen molar-refractivity contribution < 1.29 is 4.74 Å². The van der Waals surface area contributed by atoms with Gasteiger partial charge in [-0.05, 0) is 20.3 Å². The minimum absolute atomic E-state index is 0.113. The molecule has 0 aliphatic heterocycles. The Balaban J connectivity index is 2.44. The molecule has 0 saturated heterocycles. The Morgan fingerprint density at radius 3 is 2.87 bits per heavy atom. The lowest BCUT2D eigenvalue weighted by molar-refractivity contribution is 0.0112.